The first-order chi connectivity index (χ1) is 10.2. The van der Waals surface area contributed by atoms with Crippen LogP contribution in [-0.4, -0.2) is 20.4 Å². The molecule has 0 aliphatic rings. The number of rotatable bonds is 4. The van der Waals surface area contributed by atoms with Crippen LogP contribution in [0.2, 0.25) is 0 Å². The second-order valence-electron chi connectivity index (χ2n) is 4.78. The minimum absolute atomic E-state index is 0.540. The van der Waals surface area contributed by atoms with Crippen LogP contribution >= 0.6 is 27.5 Å². The zero-order valence-electron chi connectivity index (χ0n) is 11.7. The van der Waals surface area contributed by atoms with Gasteiger partial charge in [0.05, 0.1) is 5.69 Å². The molecule has 0 radical (unpaired) electrons. The van der Waals surface area contributed by atoms with Crippen molar-refractivity contribution in [1.29, 1.82) is 0 Å². The van der Waals surface area contributed by atoms with Crippen LogP contribution in [0.1, 0.15) is 18.3 Å². The Kier molecular flexibility index (Phi) is 4.27. The van der Waals surface area contributed by atoms with Crippen LogP contribution in [0.5, 0.6) is 0 Å². The molecule has 21 heavy (non-hydrogen) atoms. The molecule has 0 unspecified atom stereocenters. The van der Waals surface area contributed by atoms with Crippen molar-refractivity contribution in [3.63, 3.8) is 0 Å². The first-order valence-electron chi connectivity index (χ1n) is 6.91. The molecule has 2 aromatic heterocycles. The number of fused-ring (bicyclic) bond motifs is 1. The lowest BCUT2D eigenvalue weighted by molar-refractivity contribution is 0.892. The molecule has 0 amide bonds. The van der Waals surface area contributed by atoms with Crippen LogP contribution in [0.3, 0.4) is 0 Å². The zero-order chi connectivity index (χ0) is 14.8. The highest BCUT2D eigenvalue weighted by molar-refractivity contribution is 9.10. The number of aromatic nitrogens is 3. The minimum Gasteiger partial charge on any atom is -0.280 e. The van der Waals surface area contributed by atoms with Gasteiger partial charge in [-0.3, -0.25) is 4.57 Å². The van der Waals surface area contributed by atoms with Crippen LogP contribution in [-0.2, 0) is 12.8 Å². The summed E-state index contributed by atoms with van der Waals surface area (Å²) < 4.78 is 3.06. The highest BCUT2D eigenvalue weighted by atomic mass is 79.9. The topological polar surface area (TPSA) is 30.7 Å². The summed E-state index contributed by atoms with van der Waals surface area (Å²) in [5.74, 6) is 1.49. The number of hydrogen-bond acceptors (Lipinski definition) is 2. The second-order valence-corrected chi connectivity index (χ2v) is 6.07. The van der Waals surface area contributed by atoms with E-state index in [1.807, 2.05) is 12.1 Å². The quantitative estimate of drug-likeness (QED) is 0.637. The SMILES string of the molecule is CCc1ccccc1-n1c(CCCl)nc2cc(Br)cnc21. The molecule has 0 saturated carbocycles. The number of aryl methyl sites for hydroxylation is 2. The van der Waals surface area contributed by atoms with Crippen molar-refractivity contribution in [2.75, 3.05) is 5.88 Å². The van der Waals surface area contributed by atoms with Crippen molar-refractivity contribution in [2.45, 2.75) is 19.8 Å². The van der Waals surface area contributed by atoms with Gasteiger partial charge < -0.3 is 0 Å². The number of imidazole rings is 1. The lowest BCUT2D eigenvalue weighted by Crippen LogP contribution is -2.05. The third kappa shape index (κ3) is 2.70. The number of benzene rings is 1. The van der Waals surface area contributed by atoms with E-state index in [4.69, 9.17) is 16.6 Å². The first kappa shape index (κ1) is 14.5. The molecule has 0 bridgehead atoms. The molecule has 108 valence electrons. The van der Waals surface area contributed by atoms with E-state index in [-0.39, 0.29) is 0 Å². The molecular formula is C16H15BrClN3. The summed E-state index contributed by atoms with van der Waals surface area (Å²) in [6.45, 7) is 2.16. The Labute approximate surface area is 137 Å². The molecule has 1 aromatic carbocycles. The predicted octanol–water partition coefficient (Wildman–Crippen LogP) is 4.53. The summed E-state index contributed by atoms with van der Waals surface area (Å²) in [4.78, 5) is 9.25. The Hall–Kier alpha value is -1.39. The lowest BCUT2D eigenvalue weighted by Gasteiger charge is -2.12. The van der Waals surface area contributed by atoms with Crippen LogP contribution < -0.4 is 0 Å². The highest BCUT2D eigenvalue weighted by Gasteiger charge is 2.15. The van der Waals surface area contributed by atoms with Gasteiger partial charge in [0.1, 0.15) is 11.3 Å². The van der Waals surface area contributed by atoms with Gasteiger partial charge in [0, 0.05) is 23.0 Å². The summed E-state index contributed by atoms with van der Waals surface area (Å²) in [5, 5.41) is 0. The largest absolute Gasteiger partial charge is 0.280 e. The molecule has 0 atom stereocenters. The molecule has 3 nitrogen and oxygen atoms in total. The van der Waals surface area contributed by atoms with Crippen molar-refractivity contribution in [3.05, 3.63) is 52.4 Å². The van der Waals surface area contributed by atoms with Gasteiger partial charge in [-0.2, -0.15) is 0 Å². The fourth-order valence-corrected chi connectivity index (χ4v) is 3.01. The van der Waals surface area contributed by atoms with Crippen molar-refractivity contribution in [3.8, 4) is 5.69 Å². The van der Waals surface area contributed by atoms with Gasteiger partial charge >= 0.3 is 0 Å². The average Bonchev–Trinajstić information content (AvgIpc) is 2.84. The van der Waals surface area contributed by atoms with Crippen LogP contribution in [0, 0.1) is 0 Å². The molecule has 0 N–H and O–H groups in total. The third-order valence-corrected chi connectivity index (χ3v) is 4.09. The molecule has 3 aromatic rings. The molecule has 0 aliphatic heterocycles. The maximum atomic E-state index is 5.94. The Balaban J connectivity index is 2.31. The Morgan fingerprint density at radius 3 is 2.86 bits per heavy atom. The molecule has 0 fully saturated rings. The monoisotopic (exact) mass is 363 g/mol. The average molecular weight is 365 g/mol. The van der Waals surface area contributed by atoms with E-state index in [9.17, 15) is 0 Å². The summed E-state index contributed by atoms with van der Waals surface area (Å²) >= 11 is 9.40. The number of hydrogen-bond donors (Lipinski definition) is 0. The summed E-state index contributed by atoms with van der Waals surface area (Å²) in [6.07, 6.45) is 3.49. The first-order valence-corrected chi connectivity index (χ1v) is 8.24. The van der Waals surface area contributed by atoms with Crippen molar-refractivity contribution < 1.29 is 0 Å². The van der Waals surface area contributed by atoms with E-state index >= 15 is 0 Å². The molecule has 0 saturated heterocycles. The standard InChI is InChI=1S/C16H15BrClN3/c1-2-11-5-3-4-6-14(11)21-15(7-8-18)20-13-9-12(17)10-19-16(13)21/h3-6,9-10H,2,7-8H2,1H3. The van der Waals surface area contributed by atoms with Crippen molar-refractivity contribution in [1.82, 2.24) is 14.5 Å². The number of pyridine rings is 1. The number of alkyl halides is 1. The van der Waals surface area contributed by atoms with Gasteiger partial charge in [0.25, 0.3) is 0 Å². The van der Waals surface area contributed by atoms with Crippen LogP contribution in [0.15, 0.2) is 41.0 Å². The molecule has 0 spiro atoms. The van der Waals surface area contributed by atoms with Crippen LogP contribution in [0.25, 0.3) is 16.9 Å². The predicted molar refractivity (Wildman–Crippen MR) is 90.4 cm³/mol. The maximum Gasteiger partial charge on any atom is 0.164 e. The van der Waals surface area contributed by atoms with Gasteiger partial charge in [0.15, 0.2) is 5.65 Å². The van der Waals surface area contributed by atoms with Gasteiger partial charge in [0.2, 0.25) is 0 Å². The summed E-state index contributed by atoms with van der Waals surface area (Å²) in [5.41, 5.74) is 4.17. The second kappa shape index (κ2) is 6.16. The van der Waals surface area contributed by atoms with E-state index in [0.717, 1.165) is 33.6 Å². The Morgan fingerprint density at radius 1 is 1.29 bits per heavy atom. The zero-order valence-corrected chi connectivity index (χ0v) is 14.0. The lowest BCUT2D eigenvalue weighted by atomic mass is 10.1. The number of para-hydroxylation sites is 1. The van der Waals surface area contributed by atoms with Gasteiger partial charge in [-0.15, -0.1) is 11.6 Å². The van der Waals surface area contributed by atoms with E-state index in [0.29, 0.717) is 12.3 Å². The Morgan fingerprint density at radius 2 is 2.10 bits per heavy atom. The van der Waals surface area contributed by atoms with E-state index in [1.54, 1.807) is 6.20 Å². The molecule has 5 heteroatoms. The van der Waals surface area contributed by atoms with E-state index in [1.165, 1.54) is 5.56 Å². The molecule has 2 heterocycles. The maximum absolute atomic E-state index is 5.94. The summed E-state index contributed by atoms with van der Waals surface area (Å²) in [7, 11) is 0. The van der Waals surface area contributed by atoms with Crippen molar-refractivity contribution in [2.24, 2.45) is 0 Å². The minimum atomic E-state index is 0.540. The molecule has 3 rings (SSSR count). The van der Waals surface area contributed by atoms with E-state index < -0.39 is 0 Å². The number of nitrogens with zero attached hydrogens (tertiary/aromatic N) is 3. The van der Waals surface area contributed by atoms with Gasteiger partial charge in [-0.25, -0.2) is 9.97 Å². The molecule has 0 aliphatic carbocycles. The molecular weight excluding hydrogens is 350 g/mol. The van der Waals surface area contributed by atoms with E-state index in [2.05, 4.69) is 50.6 Å². The fraction of sp³-hybridized carbons (Fsp3) is 0.250. The smallest absolute Gasteiger partial charge is 0.164 e. The Bertz CT molecular complexity index is 782. The third-order valence-electron chi connectivity index (χ3n) is 3.46. The fourth-order valence-electron chi connectivity index (χ4n) is 2.52. The van der Waals surface area contributed by atoms with Crippen molar-refractivity contribution >= 4 is 38.7 Å². The summed E-state index contributed by atoms with van der Waals surface area (Å²) in [6, 6.07) is 10.4. The van der Waals surface area contributed by atoms with Crippen LogP contribution in [0.4, 0.5) is 0 Å². The van der Waals surface area contributed by atoms with Gasteiger partial charge in [-0.05, 0) is 40.0 Å². The normalized spacial score (nSPS) is 11.2. The van der Waals surface area contributed by atoms with Gasteiger partial charge in [-0.1, -0.05) is 25.1 Å². The number of halogens is 2. The highest BCUT2D eigenvalue weighted by Crippen LogP contribution is 2.25.